The number of nitrogens with zero attached hydrogens (tertiary/aromatic N) is 1. The number of rotatable bonds is 10. The number of nitrogens with one attached hydrogen (secondary N) is 1. The third-order valence-electron chi connectivity index (χ3n) is 5.60. The topological polar surface area (TPSA) is 104 Å². The van der Waals surface area contributed by atoms with E-state index < -0.39 is 16.0 Å². The highest BCUT2D eigenvalue weighted by atomic mass is 32.2. The lowest BCUT2D eigenvalue weighted by Gasteiger charge is -2.14. The van der Waals surface area contributed by atoms with Crippen molar-refractivity contribution in [2.24, 2.45) is 0 Å². The second kappa shape index (κ2) is 10.4. The van der Waals surface area contributed by atoms with Gasteiger partial charge < -0.3 is 14.0 Å². The summed E-state index contributed by atoms with van der Waals surface area (Å²) in [5.41, 5.74) is 3.25. The molecule has 1 aliphatic rings. The average Bonchev–Trinajstić information content (AvgIpc) is 3.36. The first kappa shape index (κ1) is 24.2. The predicted molar refractivity (Wildman–Crippen MR) is 119 cm³/mol. The lowest BCUT2D eigenvalue weighted by molar-refractivity contribution is -0.142. The van der Waals surface area contributed by atoms with E-state index in [0.717, 1.165) is 36.4 Å². The lowest BCUT2D eigenvalue weighted by Crippen LogP contribution is -2.27. The summed E-state index contributed by atoms with van der Waals surface area (Å²) in [6.45, 7) is 6.65. The van der Waals surface area contributed by atoms with Gasteiger partial charge in [-0.1, -0.05) is 17.7 Å². The molecule has 1 saturated heterocycles. The van der Waals surface area contributed by atoms with E-state index in [9.17, 15) is 18.0 Å². The Hall–Kier alpha value is -2.49. The van der Waals surface area contributed by atoms with E-state index in [1.54, 1.807) is 18.2 Å². The number of ketones is 1. The fraction of sp³-hybridized carbons (Fsp3) is 0.478. The van der Waals surface area contributed by atoms with Gasteiger partial charge in [-0.3, -0.25) is 9.59 Å². The van der Waals surface area contributed by atoms with Gasteiger partial charge in [0.05, 0.1) is 17.4 Å². The van der Waals surface area contributed by atoms with Gasteiger partial charge in [-0.05, 0) is 51.8 Å². The Kier molecular flexibility index (Phi) is 7.86. The number of Topliss-reactive ketones (excluding diaryl/α,β-unsaturated/α-hetero) is 1. The normalized spacial score (nSPS) is 16.3. The number of carbonyl (C=O) groups excluding carboxylic acids is 2. The molecule has 0 amide bonds. The van der Waals surface area contributed by atoms with Crippen molar-refractivity contribution >= 4 is 21.8 Å². The Morgan fingerprint density at radius 2 is 1.91 bits per heavy atom. The van der Waals surface area contributed by atoms with E-state index in [2.05, 4.69) is 9.29 Å². The molecule has 0 saturated carbocycles. The molecule has 1 aliphatic heterocycles. The number of hydrogen-bond acceptors (Lipinski definition) is 6. The van der Waals surface area contributed by atoms with Crippen LogP contribution in [0.5, 0.6) is 0 Å². The largest absolute Gasteiger partial charge is 0.457 e. The number of aryl methyl sites for hydroxylation is 2. The van der Waals surface area contributed by atoms with Crippen LogP contribution >= 0.6 is 0 Å². The molecule has 1 fully saturated rings. The van der Waals surface area contributed by atoms with Crippen LogP contribution in [0.4, 0.5) is 0 Å². The molecular formula is C23H30N2O6S. The molecule has 2 heterocycles. The third kappa shape index (κ3) is 6.05. The maximum atomic E-state index is 12.6. The highest BCUT2D eigenvalue weighted by Crippen LogP contribution is 2.21. The molecule has 1 aromatic heterocycles. The second-order valence-electron chi connectivity index (χ2n) is 8.08. The van der Waals surface area contributed by atoms with Gasteiger partial charge in [0.25, 0.3) is 0 Å². The lowest BCUT2D eigenvalue weighted by atomic mass is 10.1. The SMILES string of the molecule is Cc1ccc(S(=O)(=O)NCCC(=O)OCC(=O)c2cc(C)n(CC3CCCO3)c2C)cc1. The molecular weight excluding hydrogens is 432 g/mol. The number of benzene rings is 1. The van der Waals surface area contributed by atoms with Crippen LogP contribution in [0, 0.1) is 20.8 Å². The van der Waals surface area contributed by atoms with E-state index in [1.807, 2.05) is 20.8 Å². The van der Waals surface area contributed by atoms with Crippen LogP contribution in [0.3, 0.4) is 0 Å². The second-order valence-corrected chi connectivity index (χ2v) is 9.84. The molecule has 0 aliphatic carbocycles. The van der Waals surface area contributed by atoms with E-state index in [0.29, 0.717) is 12.1 Å². The van der Waals surface area contributed by atoms with Crippen molar-refractivity contribution in [3.8, 4) is 0 Å². The fourth-order valence-electron chi connectivity index (χ4n) is 3.74. The quantitative estimate of drug-likeness (QED) is 0.430. The summed E-state index contributed by atoms with van der Waals surface area (Å²) < 4.78 is 39.7. The molecule has 1 atom stereocenters. The zero-order chi connectivity index (χ0) is 23.3. The molecule has 0 spiro atoms. The van der Waals surface area contributed by atoms with E-state index in [1.165, 1.54) is 12.1 Å². The molecule has 1 unspecified atom stereocenters. The van der Waals surface area contributed by atoms with Crippen molar-refractivity contribution in [3.63, 3.8) is 0 Å². The Bertz CT molecular complexity index is 1070. The van der Waals surface area contributed by atoms with Gasteiger partial charge in [-0.25, -0.2) is 13.1 Å². The fourth-order valence-corrected chi connectivity index (χ4v) is 4.77. The maximum absolute atomic E-state index is 12.6. The standard InChI is InChI=1S/C23H30N2O6S/c1-16-6-8-20(9-7-16)32(28,29)24-11-10-23(27)31-15-22(26)21-13-17(2)25(18(21)3)14-19-5-4-12-30-19/h6-9,13,19,24H,4-5,10-12,14-15H2,1-3H3. The molecule has 1 aromatic carbocycles. The van der Waals surface area contributed by atoms with Gasteiger partial charge in [0.15, 0.2) is 6.61 Å². The molecule has 1 N–H and O–H groups in total. The summed E-state index contributed by atoms with van der Waals surface area (Å²) in [7, 11) is -3.70. The van der Waals surface area contributed by atoms with Crippen LogP contribution in [0.2, 0.25) is 0 Å². The van der Waals surface area contributed by atoms with Crippen molar-refractivity contribution in [3.05, 3.63) is 52.8 Å². The number of hydrogen-bond donors (Lipinski definition) is 1. The monoisotopic (exact) mass is 462 g/mol. The number of aromatic nitrogens is 1. The highest BCUT2D eigenvalue weighted by Gasteiger charge is 2.22. The van der Waals surface area contributed by atoms with Crippen molar-refractivity contribution in [2.45, 2.75) is 57.6 Å². The zero-order valence-electron chi connectivity index (χ0n) is 18.7. The van der Waals surface area contributed by atoms with Crippen molar-refractivity contribution in [2.75, 3.05) is 19.8 Å². The van der Waals surface area contributed by atoms with Crippen LogP contribution in [-0.4, -0.2) is 50.6 Å². The summed E-state index contributed by atoms with van der Waals surface area (Å²) in [5, 5.41) is 0. The first-order chi connectivity index (χ1) is 15.2. The van der Waals surface area contributed by atoms with Gasteiger partial charge >= 0.3 is 5.97 Å². The first-order valence-corrected chi connectivity index (χ1v) is 12.2. The molecule has 0 bridgehead atoms. The van der Waals surface area contributed by atoms with Crippen LogP contribution in [0.15, 0.2) is 35.2 Å². The minimum atomic E-state index is -3.70. The zero-order valence-corrected chi connectivity index (χ0v) is 19.5. The Balaban J connectivity index is 1.47. The van der Waals surface area contributed by atoms with Crippen LogP contribution in [0.1, 0.15) is 46.6 Å². The minimum absolute atomic E-state index is 0.112. The molecule has 32 heavy (non-hydrogen) atoms. The molecule has 9 heteroatoms. The summed E-state index contributed by atoms with van der Waals surface area (Å²) in [6.07, 6.45) is 2.04. The average molecular weight is 463 g/mol. The molecule has 0 radical (unpaired) electrons. The van der Waals surface area contributed by atoms with Gasteiger partial charge in [-0.15, -0.1) is 0 Å². The first-order valence-electron chi connectivity index (χ1n) is 10.7. The van der Waals surface area contributed by atoms with E-state index in [4.69, 9.17) is 9.47 Å². The molecule has 2 aromatic rings. The third-order valence-corrected chi connectivity index (χ3v) is 7.08. The Morgan fingerprint density at radius 3 is 2.56 bits per heavy atom. The number of carbonyl (C=O) groups is 2. The summed E-state index contributed by atoms with van der Waals surface area (Å²) >= 11 is 0. The van der Waals surface area contributed by atoms with Gasteiger partial charge in [0, 0.05) is 36.6 Å². The maximum Gasteiger partial charge on any atom is 0.307 e. The molecule has 3 rings (SSSR count). The predicted octanol–water partition coefficient (Wildman–Crippen LogP) is 2.69. The molecule has 8 nitrogen and oxygen atoms in total. The summed E-state index contributed by atoms with van der Waals surface area (Å²) in [4.78, 5) is 24.7. The van der Waals surface area contributed by atoms with Crippen molar-refractivity contribution in [1.29, 1.82) is 0 Å². The van der Waals surface area contributed by atoms with Gasteiger partial charge in [-0.2, -0.15) is 0 Å². The number of esters is 1. The minimum Gasteiger partial charge on any atom is -0.457 e. The number of sulfonamides is 1. The van der Waals surface area contributed by atoms with Crippen LogP contribution in [-0.2, 0) is 30.8 Å². The number of ether oxygens (including phenoxy) is 2. The summed E-state index contributed by atoms with van der Waals surface area (Å²) in [6, 6.07) is 8.21. The van der Waals surface area contributed by atoms with Crippen LogP contribution < -0.4 is 4.72 Å². The smallest absolute Gasteiger partial charge is 0.307 e. The van der Waals surface area contributed by atoms with E-state index in [-0.39, 0.29) is 36.4 Å². The molecule has 174 valence electrons. The highest BCUT2D eigenvalue weighted by molar-refractivity contribution is 7.89. The van der Waals surface area contributed by atoms with Gasteiger partial charge in [0.1, 0.15) is 0 Å². The van der Waals surface area contributed by atoms with Crippen LogP contribution in [0.25, 0.3) is 0 Å². The van der Waals surface area contributed by atoms with Gasteiger partial charge in [0.2, 0.25) is 15.8 Å². The van der Waals surface area contributed by atoms with Crippen molar-refractivity contribution < 1.29 is 27.5 Å². The summed E-state index contributed by atoms with van der Waals surface area (Å²) in [5.74, 6) is -0.927. The Labute approximate surface area is 189 Å². The Morgan fingerprint density at radius 1 is 1.19 bits per heavy atom. The van der Waals surface area contributed by atoms with Crippen molar-refractivity contribution in [1.82, 2.24) is 9.29 Å². The van der Waals surface area contributed by atoms with E-state index >= 15 is 0 Å².